The quantitative estimate of drug-likeness (QED) is 0.496. The third kappa shape index (κ3) is 3.17. The predicted molar refractivity (Wildman–Crippen MR) is 112 cm³/mol. The lowest BCUT2D eigenvalue weighted by atomic mass is 10.1. The normalized spacial score (nSPS) is 17.3. The molecule has 5 rings (SSSR count). The summed E-state index contributed by atoms with van der Waals surface area (Å²) in [6.45, 7) is 3.91. The van der Waals surface area contributed by atoms with Crippen molar-refractivity contribution in [2.45, 2.75) is 13.0 Å². The molecule has 1 unspecified atom stereocenters. The molecule has 0 saturated carbocycles. The Hall–Kier alpha value is -3.52. The van der Waals surface area contributed by atoms with Crippen LogP contribution >= 0.6 is 0 Å². The van der Waals surface area contributed by atoms with E-state index in [1.54, 1.807) is 4.52 Å². The first-order chi connectivity index (χ1) is 14.2. The zero-order chi connectivity index (χ0) is 19.8. The van der Waals surface area contributed by atoms with Gasteiger partial charge in [0.05, 0.1) is 5.52 Å². The molecule has 0 bridgehead atoms. The number of anilines is 1. The highest BCUT2D eigenvalue weighted by Crippen LogP contribution is 2.26. The fourth-order valence-corrected chi connectivity index (χ4v) is 3.60. The molecule has 1 atom stereocenters. The minimum Gasteiger partial charge on any atom is -0.353 e. The average molecular weight is 387 g/mol. The van der Waals surface area contributed by atoms with Crippen LogP contribution in [0.4, 0.5) is 5.95 Å². The first-order valence-electron chi connectivity index (χ1n) is 9.67. The van der Waals surface area contributed by atoms with Gasteiger partial charge in [0.25, 0.3) is 0 Å². The van der Waals surface area contributed by atoms with Crippen LogP contribution in [0, 0.1) is 6.92 Å². The molecule has 3 heterocycles. The molecule has 1 saturated heterocycles. The van der Waals surface area contributed by atoms with Gasteiger partial charge in [-0.25, -0.2) is 9.97 Å². The molecule has 8 nitrogen and oxygen atoms in total. The van der Waals surface area contributed by atoms with Crippen LogP contribution in [0.3, 0.4) is 0 Å². The van der Waals surface area contributed by atoms with Crippen molar-refractivity contribution >= 4 is 28.4 Å². The van der Waals surface area contributed by atoms with Gasteiger partial charge < -0.3 is 16.0 Å². The summed E-state index contributed by atoms with van der Waals surface area (Å²) < 4.78 is 1.70. The summed E-state index contributed by atoms with van der Waals surface area (Å²) in [7, 11) is 0. The molecule has 2 aromatic carbocycles. The maximum Gasteiger partial charge on any atom is 0.243 e. The second kappa shape index (κ2) is 7.14. The van der Waals surface area contributed by atoms with Crippen molar-refractivity contribution in [3.63, 3.8) is 0 Å². The number of aromatic nitrogens is 4. The van der Waals surface area contributed by atoms with Gasteiger partial charge in [0.15, 0.2) is 11.5 Å². The Labute approximate surface area is 167 Å². The molecular weight excluding hydrogens is 366 g/mol. The monoisotopic (exact) mass is 387 g/mol. The van der Waals surface area contributed by atoms with E-state index in [2.05, 4.69) is 16.0 Å². The Kier molecular flexibility index (Phi) is 4.33. The largest absolute Gasteiger partial charge is 0.353 e. The maximum absolute atomic E-state index is 12.4. The summed E-state index contributed by atoms with van der Waals surface area (Å²) in [5.74, 6) is 1.07. The Morgan fingerprint density at radius 2 is 1.90 bits per heavy atom. The van der Waals surface area contributed by atoms with Gasteiger partial charge in [-0.2, -0.15) is 4.52 Å². The SMILES string of the molecule is Cc1ccccc1-c1nc2c3ccccc3nc(NC3CNCCNC3=O)n2n1. The number of hydrogen-bond acceptors (Lipinski definition) is 6. The van der Waals surface area contributed by atoms with Crippen molar-refractivity contribution in [3.05, 3.63) is 54.1 Å². The van der Waals surface area contributed by atoms with Crippen LogP contribution in [0.15, 0.2) is 48.5 Å². The molecular formula is C21H21N7O. The molecule has 1 fully saturated rings. The van der Waals surface area contributed by atoms with Crippen molar-refractivity contribution in [2.24, 2.45) is 0 Å². The number of nitrogens with one attached hydrogen (secondary N) is 3. The summed E-state index contributed by atoms with van der Waals surface area (Å²) in [6, 6.07) is 15.4. The van der Waals surface area contributed by atoms with E-state index in [0.29, 0.717) is 30.5 Å². The van der Waals surface area contributed by atoms with Crippen molar-refractivity contribution in [3.8, 4) is 11.4 Å². The van der Waals surface area contributed by atoms with E-state index < -0.39 is 6.04 Å². The Balaban J connectivity index is 1.68. The lowest BCUT2D eigenvalue weighted by molar-refractivity contribution is -0.121. The van der Waals surface area contributed by atoms with Crippen LogP contribution in [0.25, 0.3) is 27.9 Å². The van der Waals surface area contributed by atoms with Gasteiger partial charge in [0, 0.05) is 30.6 Å². The second-order valence-electron chi connectivity index (χ2n) is 7.13. The Bertz CT molecular complexity index is 1220. The fourth-order valence-electron chi connectivity index (χ4n) is 3.60. The fraction of sp³-hybridized carbons (Fsp3) is 0.238. The van der Waals surface area contributed by atoms with Crippen LogP contribution < -0.4 is 16.0 Å². The molecule has 0 spiro atoms. The number of benzene rings is 2. The molecule has 1 aliphatic heterocycles. The highest BCUT2D eigenvalue weighted by Gasteiger charge is 2.23. The molecule has 1 amide bonds. The van der Waals surface area contributed by atoms with Gasteiger partial charge in [-0.3, -0.25) is 4.79 Å². The van der Waals surface area contributed by atoms with Gasteiger partial charge in [0.1, 0.15) is 6.04 Å². The number of amides is 1. The van der Waals surface area contributed by atoms with Gasteiger partial charge in [0.2, 0.25) is 11.9 Å². The predicted octanol–water partition coefficient (Wildman–Crippen LogP) is 1.75. The number of fused-ring (bicyclic) bond motifs is 3. The molecule has 0 aliphatic carbocycles. The molecule has 29 heavy (non-hydrogen) atoms. The first kappa shape index (κ1) is 17.6. The highest BCUT2D eigenvalue weighted by molar-refractivity contribution is 5.93. The topological polar surface area (TPSA) is 96.2 Å². The molecule has 0 radical (unpaired) electrons. The lowest BCUT2D eigenvalue weighted by Crippen LogP contribution is -2.42. The lowest BCUT2D eigenvalue weighted by Gasteiger charge is -2.16. The van der Waals surface area contributed by atoms with E-state index in [9.17, 15) is 4.79 Å². The second-order valence-corrected chi connectivity index (χ2v) is 7.13. The van der Waals surface area contributed by atoms with Crippen molar-refractivity contribution in [1.82, 2.24) is 30.2 Å². The molecule has 2 aromatic heterocycles. The smallest absolute Gasteiger partial charge is 0.243 e. The molecule has 1 aliphatic rings. The number of rotatable bonds is 3. The van der Waals surface area contributed by atoms with E-state index in [1.165, 1.54) is 0 Å². The molecule has 8 heteroatoms. The van der Waals surface area contributed by atoms with Crippen molar-refractivity contribution in [2.75, 3.05) is 25.0 Å². The standard InChI is InChI=1S/C21H21N7O/c1-13-6-2-3-7-14(13)18-26-19-15-8-4-5-9-16(15)24-21(28(19)27-18)25-17-12-22-10-11-23-20(17)29/h2-9,17,22H,10-12H2,1H3,(H,23,29)(H,24,25). The van der Waals surface area contributed by atoms with E-state index >= 15 is 0 Å². The number of aryl methyl sites for hydroxylation is 1. The summed E-state index contributed by atoms with van der Waals surface area (Å²) in [6.07, 6.45) is 0. The average Bonchev–Trinajstić information content (AvgIpc) is 3.08. The first-order valence-corrected chi connectivity index (χ1v) is 9.67. The zero-order valence-electron chi connectivity index (χ0n) is 16.0. The molecule has 3 N–H and O–H groups in total. The number of para-hydroxylation sites is 1. The Morgan fingerprint density at radius 3 is 2.79 bits per heavy atom. The third-order valence-electron chi connectivity index (χ3n) is 5.13. The Morgan fingerprint density at radius 1 is 1.07 bits per heavy atom. The van der Waals surface area contributed by atoms with E-state index in [1.807, 2.05) is 55.5 Å². The van der Waals surface area contributed by atoms with Gasteiger partial charge in [-0.1, -0.05) is 36.4 Å². The van der Waals surface area contributed by atoms with Gasteiger partial charge in [-0.15, -0.1) is 5.10 Å². The van der Waals surface area contributed by atoms with Crippen LogP contribution in [0.5, 0.6) is 0 Å². The molecule has 4 aromatic rings. The van der Waals surface area contributed by atoms with E-state index in [-0.39, 0.29) is 5.91 Å². The minimum absolute atomic E-state index is 0.0580. The molecule has 146 valence electrons. The highest BCUT2D eigenvalue weighted by atomic mass is 16.2. The maximum atomic E-state index is 12.4. The van der Waals surface area contributed by atoms with Crippen LogP contribution in [-0.4, -0.2) is 51.2 Å². The number of carbonyl (C=O) groups excluding carboxylic acids is 1. The number of nitrogens with zero attached hydrogens (tertiary/aromatic N) is 4. The minimum atomic E-state index is -0.444. The third-order valence-corrected chi connectivity index (χ3v) is 5.13. The van der Waals surface area contributed by atoms with Gasteiger partial charge in [-0.05, 0) is 24.6 Å². The van der Waals surface area contributed by atoms with Crippen LogP contribution in [0.1, 0.15) is 5.56 Å². The zero-order valence-corrected chi connectivity index (χ0v) is 16.0. The summed E-state index contributed by atoms with van der Waals surface area (Å²) in [5.41, 5.74) is 3.58. The number of hydrogen-bond donors (Lipinski definition) is 3. The van der Waals surface area contributed by atoms with Crippen molar-refractivity contribution < 1.29 is 4.79 Å². The van der Waals surface area contributed by atoms with E-state index in [0.717, 1.165) is 28.6 Å². The summed E-state index contributed by atoms with van der Waals surface area (Å²) >= 11 is 0. The van der Waals surface area contributed by atoms with Crippen LogP contribution in [0.2, 0.25) is 0 Å². The van der Waals surface area contributed by atoms with Crippen LogP contribution in [-0.2, 0) is 4.79 Å². The summed E-state index contributed by atoms with van der Waals surface area (Å²) in [4.78, 5) is 22.0. The summed E-state index contributed by atoms with van der Waals surface area (Å²) in [5, 5.41) is 15.1. The van der Waals surface area contributed by atoms with Crippen molar-refractivity contribution in [1.29, 1.82) is 0 Å². The van der Waals surface area contributed by atoms with E-state index in [4.69, 9.17) is 15.1 Å². The van der Waals surface area contributed by atoms with Gasteiger partial charge >= 0.3 is 0 Å². The number of carbonyl (C=O) groups is 1.